The summed E-state index contributed by atoms with van der Waals surface area (Å²) < 4.78 is 18.4. The molecule has 24 heavy (non-hydrogen) atoms. The topological polar surface area (TPSA) is 30.9 Å². The van der Waals surface area contributed by atoms with E-state index in [0.29, 0.717) is 6.61 Å². The van der Waals surface area contributed by atoms with E-state index < -0.39 is 8.56 Å². The largest absolute Gasteiger partial charge is 0.395 e. The van der Waals surface area contributed by atoms with Crippen LogP contribution in [-0.2, 0) is 13.6 Å². The van der Waals surface area contributed by atoms with E-state index in [4.69, 9.17) is 13.6 Å². The Hall–Kier alpha value is -0.883. The molecule has 136 valence electrons. The van der Waals surface area contributed by atoms with Crippen LogP contribution in [0.3, 0.4) is 0 Å². The summed E-state index contributed by atoms with van der Waals surface area (Å²) in [6.45, 7) is 10.6. The Kier molecular flexibility index (Phi) is 8.25. The molecule has 1 aliphatic heterocycles. The van der Waals surface area contributed by atoms with Crippen LogP contribution in [0.25, 0.3) is 0 Å². The van der Waals surface area contributed by atoms with Crippen LogP contribution < -0.4 is 4.90 Å². The lowest BCUT2D eigenvalue weighted by Gasteiger charge is -2.36. The van der Waals surface area contributed by atoms with E-state index in [0.717, 1.165) is 38.8 Å². The summed E-state index contributed by atoms with van der Waals surface area (Å²) in [5.41, 5.74) is 1.26. The van der Waals surface area contributed by atoms with E-state index in [2.05, 4.69) is 55.6 Å². The van der Waals surface area contributed by atoms with Gasteiger partial charge in [0.25, 0.3) is 0 Å². The van der Waals surface area contributed by atoms with Gasteiger partial charge in [0.2, 0.25) is 0 Å². The fourth-order valence-electron chi connectivity index (χ4n) is 3.22. The van der Waals surface area contributed by atoms with E-state index in [-0.39, 0.29) is 6.10 Å². The van der Waals surface area contributed by atoms with Crippen molar-refractivity contribution >= 4 is 14.2 Å². The van der Waals surface area contributed by atoms with Gasteiger partial charge in [0, 0.05) is 32.0 Å². The number of rotatable bonds is 8. The highest BCUT2D eigenvalue weighted by Crippen LogP contribution is 2.23. The average Bonchev–Trinajstić information content (AvgIpc) is 2.57. The van der Waals surface area contributed by atoms with E-state index in [1.54, 1.807) is 0 Å². The van der Waals surface area contributed by atoms with Crippen LogP contribution in [0.1, 0.15) is 33.1 Å². The van der Waals surface area contributed by atoms with Crippen molar-refractivity contribution in [2.75, 3.05) is 37.8 Å². The third kappa shape index (κ3) is 6.20. The van der Waals surface area contributed by atoms with E-state index in [1.165, 1.54) is 18.5 Å². The predicted octanol–water partition coefficient (Wildman–Crippen LogP) is 4.21. The van der Waals surface area contributed by atoms with Gasteiger partial charge in [-0.2, -0.15) is 0 Å². The fraction of sp³-hybridized carbons (Fsp3) is 0.684. The molecule has 1 saturated heterocycles. The monoisotopic (exact) mass is 351 g/mol. The quantitative estimate of drug-likeness (QED) is 0.657. The first-order valence-electron chi connectivity index (χ1n) is 9.36. The third-order valence-electron chi connectivity index (χ3n) is 4.42. The third-order valence-corrected chi connectivity index (χ3v) is 7.41. The molecule has 1 aliphatic rings. The molecule has 0 spiro atoms. The Morgan fingerprint density at radius 2 is 2.04 bits per heavy atom. The van der Waals surface area contributed by atoms with Gasteiger partial charge in [-0.05, 0) is 44.5 Å². The van der Waals surface area contributed by atoms with Crippen molar-refractivity contribution in [3.8, 4) is 0 Å². The molecule has 0 N–H and O–H groups in total. The number of hydrogen-bond donors (Lipinski definition) is 0. The first kappa shape index (κ1) is 19.4. The maximum Gasteiger partial charge on any atom is 0.335 e. The first-order chi connectivity index (χ1) is 11.7. The lowest BCUT2D eigenvalue weighted by Crippen LogP contribution is -2.49. The van der Waals surface area contributed by atoms with Gasteiger partial charge >= 0.3 is 8.56 Å². The Morgan fingerprint density at radius 3 is 2.75 bits per heavy atom. The first-order valence-corrected chi connectivity index (χ1v) is 11.9. The zero-order valence-corrected chi connectivity index (χ0v) is 16.5. The van der Waals surface area contributed by atoms with Crippen molar-refractivity contribution in [3.63, 3.8) is 0 Å². The molecule has 0 saturated carbocycles. The number of para-hydroxylation sites is 1. The summed E-state index contributed by atoms with van der Waals surface area (Å²) >= 11 is 0. The number of ether oxygens (including phenoxy) is 1. The molecule has 1 fully saturated rings. The highest BCUT2D eigenvalue weighted by molar-refractivity contribution is 6.66. The smallest absolute Gasteiger partial charge is 0.335 e. The number of nitrogens with zero attached hydrogens (tertiary/aromatic N) is 1. The van der Waals surface area contributed by atoms with Gasteiger partial charge < -0.3 is 18.5 Å². The highest BCUT2D eigenvalue weighted by atomic mass is 28.4. The minimum absolute atomic E-state index is 0.0746. The zero-order valence-electron chi connectivity index (χ0n) is 15.5. The molecular weight excluding hydrogens is 318 g/mol. The van der Waals surface area contributed by atoms with Gasteiger partial charge in [-0.15, -0.1) is 0 Å². The predicted molar refractivity (Wildman–Crippen MR) is 102 cm³/mol. The van der Waals surface area contributed by atoms with Crippen molar-refractivity contribution in [2.24, 2.45) is 0 Å². The van der Waals surface area contributed by atoms with Crippen LogP contribution in [0, 0.1) is 0 Å². The maximum absolute atomic E-state index is 6.50. The molecule has 2 atom stereocenters. The van der Waals surface area contributed by atoms with Gasteiger partial charge in [0.05, 0.1) is 12.7 Å². The van der Waals surface area contributed by atoms with Crippen LogP contribution in [0.4, 0.5) is 5.69 Å². The standard InChI is InChI=1S/C19H33NO3Si/c1-4-6-13-20(18-11-8-7-9-12-18)16-19-17-21-14-10-15-24(3,23-19)22-5-2/h7-9,11-12,19H,4-6,10,13-17H2,1-3H3. The zero-order chi connectivity index (χ0) is 17.3. The molecule has 1 heterocycles. The van der Waals surface area contributed by atoms with Crippen molar-refractivity contribution in [2.45, 2.75) is 51.8 Å². The number of unbranched alkanes of at least 4 members (excludes halogenated alkanes) is 1. The second kappa shape index (κ2) is 10.2. The molecule has 2 unspecified atom stereocenters. The summed E-state index contributed by atoms with van der Waals surface area (Å²) in [6.07, 6.45) is 3.48. The molecule has 2 rings (SSSR count). The van der Waals surface area contributed by atoms with E-state index >= 15 is 0 Å². The second-order valence-corrected chi connectivity index (χ2v) is 9.91. The van der Waals surface area contributed by atoms with Crippen LogP contribution in [-0.4, -0.2) is 47.6 Å². The van der Waals surface area contributed by atoms with Gasteiger partial charge in [-0.25, -0.2) is 0 Å². The summed E-state index contributed by atoms with van der Waals surface area (Å²) in [5, 5.41) is 0. The molecule has 0 amide bonds. The fourth-order valence-corrected chi connectivity index (χ4v) is 5.79. The molecule has 5 heteroatoms. The van der Waals surface area contributed by atoms with Gasteiger partial charge in [-0.3, -0.25) is 0 Å². The Balaban J connectivity index is 2.07. The SMILES string of the molecule is CCCCN(CC1COCCC[Si](C)(OCC)O1)c1ccccc1. The Morgan fingerprint density at radius 1 is 1.25 bits per heavy atom. The minimum atomic E-state index is -2.09. The molecule has 1 aromatic rings. The van der Waals surface area contributed by atoms with Gasteiger partial charge in [0.15, 0.2) is 0 Å². The van der Waals surface area contributed by atoms with E-state index in [1.807, 2.05) is 0 Å². The number of hydrogen-bond acceptors (Lipinski definition) is 4. The normalized spacial score (nSPS) is 25.0. The van der Waals surface area contributed by atoms with Crippen LogP contribution in [0.5, 0.6) is 0 Å². The van der Waals surface area contributed by atoms with Crippen molar-refractivity contribution in [1.29, 1.82) is 0 Å². The van der Waals surface area contributed by atoms with Crippen LogP contribution >= 0.6 is 0 Å². The van der Waals surface area contributed by atoms with Crippen molar-refractivity contribution in [1.82, 2.24) is 0 Å². The lowest BCUT2D eigenvalue weighted by molar-refractivity contribution is 0.0176. The Labute approximate surface area is 148 Å². The highest BCUT2D eigenvalue weighted by Gasteiger charge is 2.35. The summed E-state index contributed by atoms with van der Waals surface area (Å²) in [4.78, 5) is 2.43. The molecule has 0 aliphatic carbocycles. The summed E-state index contributed by atoms with van der Waals surface area (Å²) in [7, 11) is -2.09. The Bertz CT molecular complexity index is 459. The lowest BCUT2D eigenvalue weighted by atomic mass is 10.2. The molecule has 0 bridgehead atoms. The van der Waals surface area contributed by atoms with Crippen LogP contribution in [0.2, 0.25) is 12.6 Å². The summed E-state index contributed by atoms with van der Waals surface area (Å²) in [6, 6.07) is 11.6. The second-order valence-electron chi connectivity index (χ2n) is 6.62. The molecule has 1 aromatic carbocycles. The molecular formula is C19H33NO3Si. The van der Waals surface area contributed by atoms with Crippen molar-refractivity contribution < 1.29 is 13.6 Å². The van der Waals surface area contributed by atoms with Gasteiger partial charge in [-0.1, -0.05) is 31.5 Å². The molecule has 4 nitrogen and oxygen atoms in total. The van der Waals surface area contributed by atoms with E-state index in [9.17, 15) is 0 Å². The van der Waals surface area contributed by atoms with Gasteiger partial charge in [0.1, 0.15) is 0 Å². The maximum atomic E-state index is 6.50. The van der Waals surface area contributed by atoms with Crippen molar-refractivity contribution in [3.05, 3.63) is 30.3 Å². The van der Waals surface area contributed by atoms with Crippen LogP contribution in [0.15, 0.2) is 30.3 Å². The molecule has 0 radical (unpaired) electrons. The minimum Gasteiger partial charge on any atom is -0.395 e. The molecule has 0 aromatic heterocycles. The summed E-state index contributed by atoms with van der Waals surface area (Å²) in [5.74, 6) is 0. The number of benzene rings is 1. The average molecular weight is 352 g/mol. The number of anilines is 1.